The highest BCUT2D eigenvalue weighted by molar-refractivity contribution is 7.89. The van der Waals surface area contributed by atoms with Crippen molar-refractivity contribution in [2.75, 3.05) is 18.8 Å². The third kappa shape index (κ3) is 3.59. The summed E-state index contributed by atoms with van der Waals surface area (Å²) in [7, 11) is -3.34. The van der Waals surface area contributed by atoms with Crippen LogP contribution in [0, 0.1) is 5.92 Å². The minimum Gasteiger partial charge on any atom is -0.389 e. The van der Waals surface area contributed by atoms with Crippen molar-refractivity contribution in [2.24, 2.45) is 5.92 Å². The lowest BCUT2D eigenvalue weighted by molar-refractivity contribution is 0.0762. The maximum absolute atomic E-state index is 12.8. The number of aliphatic hydroxyl groups is 1. The van der Waals surface area contributed by atoms with Gasteiger partial charge in [-0.3, -0.25) is 0 Å². The molecule has 5 rings (SSSR count). The van der Waals surface area contributed by atoms with E-state index in [1.807, 2.05) is 18.5 Å². The van der Waals surface area contributed by atoms with Crippen LogP contribution >= 0.6 is 0 Å². The maximum Gasteiger partial charge on any atom is 0.214 e. The Kier molecular flexibility index (Phi) is 4.79. The van der Waals surface area contributed by atoms with Crippen molar-refractivity contribution in [1.29, 1.82) is 0 Å². The molecule has 2 aliphatic rings. The fourth-order valence-corrected chi connectivity index (χ4v) is 7.03. The van der Waals surface area contributed by atoms with Crippen molar-refractivity contribution in [3.63, 3.8) is 0 Å². The van der Waals surface area contributed by atoms with Crippen LogP contribution in [0.25, 0.3) is 21.8 Å². The van der Waals surface area contributed by atoms with Crippen molar-refractivity contribution in [3.05, 3.63) is 30.4 Å². The van der Waals surface area contributed by atoms with E-state index in [1.54, 1.807) is 13.1 Å². The lowest BCUT2D eigenvalue weighted by atomic mass is 9.80. The minimum atomic E-state index is -3.34. The molecule has 0 bridgehead atoms. The summed E-state index contributed by atoms with van der Waals surface area (Å²) in [6.45, 7) is 2.32. The zero-order chi connectivity index (χ0) is 20.9. The molecule has 0 amide bonds. The van der Waals surface area contributed by atoms with Crippen LogP contribution in [0.4, 0.5) is 0 Å². The lowest BCUT2D eigenvalue weighted by Crippen LogP contribution is -2.37. The number of rotatable bonds is 4. The molecule has 0 spiro atoms. The number of fused-ring (bicyclic) bond motifs is 3. The topological polar surface area (TPSA) is 112 Å². The molecular formula is C21H27N5O3S. The summed E-state index contributed by atoms with van der Waals surface area (Å²) in [5.74, 6) is 0.588. The van der Waals surface area contributed by atoms with Gasteiger partial charge in [0.05, 0.1) is 23.2 Å². The van der Waals surface area contributed by atoms with E-state index in [4.69, 9.17) is 0 Å². The molecule has 3 aromatic rings. The number of pyridine rings is 1. The summed E-state index contributed by atoms with van der Waals surface area (Å²) >= 11 is 0. The summed E-state index contributed by atoms with van der Waals surface area (Å²) in [5, 5.41) is 22.0. The molecular weight excluding hydrogens is 402 g/mol. The number of sulfonamides is 1. The van der Waals surface area contributed by atoms with Crippen molar-refractivity contribution in [3.8, 4) is 0 Å². The fourth-order valence-electron chi connectivity index (χ4n) is 5.04. The van der Waals surface area contributed by atoms with Gasteiger partial charge in [-0.15, -0.1) is 0 Å². The van der Waals surface area contributed by atoms with Gasteiger partial charge in [0.2, 0.25) is 10.0 Å². The van der Waals surface area contributed by atoms with Gasteiger partial charge >= 0.3 is 0 Å². The molecule has 0 aromatic carbocycles. The standard InChI is InChI=1S/C21H27N5O3S/c1-21(27)7-9-26(13-21)30(28,29)12-14-2-4-15(5-3-14)19-18-16(11-24-25-19)10-23-20-17(18)6-8-22-20/h6,8,10-11,14-15,27H,2-5,7,9,12-13H2,1H3,(H,22,23). The third-order valence-electron chi connectivity index (χ3n) is 6.72. The number of nitrogens with zero attached hydrogens (tertiary/aromatic N) is 4. The first-order valence-electron chi connectivity index (χ1n) is 10.6. The predicted octanol–water partition coefficient (Wildman–Crippen LogP) is 2.57. The number of hydrogen-bond donors (Lipinski definition) is 2. The quantitative estimate of drug-likeness (QED) is 0.659. The first-order valence-corrected chi connectivity index (χ1v) is 12.2. The maximum atomic E-state index is 12.8. The monoisotopic (exact) mass is 429 g/mol. The van der Waals surface area contributed by atoms with Gasteiger partial charge in [-0.2, -0.15) is 14.5 Å². The van der Waals surface area contributed by atoms with Crippen LogP contribution in [0.3, 0.4) is 0 Å². The number of aromatic amines is 1. The average Bonchev–Trinajstić information content (AvgIpc) is 3.34. The number of nitrogens with one attached hydrogen (secondary N) is 1. The van der Waals surface area contributed by atoms with Crippen molar-refractivity contribution < 1.29 is 13.5 Å². The Morgan fingerprint density at radius 1 is 1.27 bits per heavy atom. The van der Waals surface area contributed by atoms with Gasteiger partial charge in [0.25, 0.3) is 0 Å². The van der Waals surface area contributed by atoms with Crippen LogP contribution in [-0.4, -0.2) is 62.4 Å². The summed E-state index contributed by atoms with van der Waals surface area (Å²) in [5.41, 5.74) is 0.935. The molecule has 1 aliphatic carbocycles. The normalized spacial score (nSPS) is 28.5. The predicted molar refractivity (Wildman–Crippen MR) is 114 cm³/mol. The highest BCUT2D eigenvalue weighted by atomic mass is 32.2. The van der Waals surface area contributed by atoms with E-state index in [0.29, 0.717) is 13.0 Å². The van der Waals surface area contributed by atoms with Crippen LogP contribution in [0.2, 0.25) is 0 Å². The van der Waals surface area contributed by atoms with Gasteiger partial charge in [-0.05, 0) is 51.0 Å². The molecule has 8 nitrogen and oxygen atoms in total. The van der Waals surface area contributed by atoms with E-state index in [-0.39, 0.29) is 24.1 Å². The van der Waals surface area contributed by atoms with E-state index in [2.05, 4.69) is 20.2 Å². The second-order valence-electron chi connectivity index (χ2n) is 9.14. The third-order valence-corrected chi connectivity index (χ3v) is 8.72. The molecule has 1 atom stereocenters. The molecule has 1 saturated carbocycles. The Morgan fingerprint density at radius 3 is 2.80 bits per heavy atom. The highest BCUT2D eigenvalue weighted by Crippen LogP contribution is 2.39. The molecule has 3 aromatic heterocycles. The van der Waals surface area contributed by atoms with Gasteiger partial charge in [0.1, 0.15) is 5.65 Å². The Labute approximate surface area is 175 Å². The molecule has 0 radical (unpaired) electrons. The van der Waals surface area contributed by atoms with Crippen LogP contribution < -0.4 is 0 Å². The summed E-state index contributed by atoms with van der Waals surface area (Å²) in [6.07, 6.45) is 9.48. The number of H-pyrrole nitrogens is 1. The highest BCUT2D eigenvalue weighted by Gasteiger charge is 2.39. The lowest BCUT2D eigenvalue weighted by Gasteiger charge is -2.29. The largest absolute Gasteiger partial charge is 0.389 e. The zero-order valence-corrected chi connectivity index (χ0v) is 17.9. The number of aromatic nitrogens is 4. The Balaban J connectivity index is 1.32. The number of β-amino-alcohol motifs (C(OH)–C–C–N with tert-alkyl or cyclic N) is 1. The van der Waals surface area contributed by atoms with Gasteiger partial charge in [0, 0.05) is 47.6 Å². The summed E-state index contributed by atoms with van der Waals surface area (Å²) in [4.78, 5) is 7.60. The molecule has 9 heteroatoms. The van der Waals surface area contributed by atoms with E-state index in [0.717, 1.165) is 53.2 Å². The second kappa shape index (κ2) is 7.25. The zero-order valence-electron chi connectivity index (χ0n) is 17.1. The van der Waals surface area contributed by atoms with Gasteiger partial charge < -0.3 is 10.1 Å². The van der Waals surface area contributed by atoms with Crippen LogP contribution in [-0.2, 0) is 10.0 Å². The van der Waals surface area contributed by atoms with Crippen LogP contribution in [0.15, 0.2) is 24.7 Å². The summed E-state index contributed by atoms with van der Waals surface area (Å²) < 4.78 is 27.1. The van der Waals surface area contributed by atoms with E-state index in [9.17, 15) is 13.5 Å². The molecule has 4 heterocycles. The van der Waals surface area contributed by atoms with Crippen LogP contribution in [0.5, 0.6) is 0 Å². The molecule has 160 valence electrons. The van der Waals surface area contributed by atoms with Crippen molar-refractivity contribution in [1.82, 2.24) is 24.5 Å². The SMILES string of the molecule is CC1(O)CCN(S(=O)(=O)CC2CCC(c3nncc4cnc5[nH]ccc5c34)CC2)C1. The van der Waals surface area contributed by atoms with Gasteiger partial charge in [-0.25, -0.2) is 13.4 Å². The minimum absolute atomic E-state index is 0.147. The second-order valence-corrected chi connectivity index (χ2v) is 11.1. The first-order chi connectivity index (χ1) is 14.3. The van der Waals surface area contributed by atoms with Crippen molar-refractivity contribution >= 4 is 31.8 Å². The van der Waals surface area contributed by atoms with E-state index < -0.39 is 15.6 Å². The van der Waals surface area contributed by atoms with Gasteiger partial charge in [0.15, 0.2) is 0 Å². The summed E-state index contributed by atoms with van der Waals surface area (Å²) in [6, 6.07) is 2.03. The first kappa shape index (κ1) is 19.8. The molecule has 2 fully saturated rings. The Morgan fingerprint density at radius 2 is 2.07 bits per heavy atom. The molecule has 30 heavy (non-hydrogen) atoms. The smallest absolute Gasteiger partial charge is 0.214 e. The fraction of sp³-hybridized carbons (Fsp3) is 0.571. The Bertz CT molecular complexity index is 1180. The van der Waals surface area contributed by atoms with E-state index >= 15 is 0 Å². The number of hydrogen-bond acceptors (Lipinski definition) is 6. The molecule has 1 unspecified atom stereocenters. The van der Waals surface area contributed by atoms with Crippen molar-refractivity contribution in [2.45, 2.75) is 50.5 Å². The molecule has 1 saturated heterocycles. The molecule has 1 aliphatic heterocycles. The van der Waals surface area contributed by atoms with Crippen LogP contribution in [0.1, 0.15) is 50.6 Å². The van der Waals surface area contributed by atoms with Gasteiger partial charge in [-0.1, -0.05) is 0 Å². The average molecular weight is 430 g/mol. The van der Waals surface area contributed by atoms with E-state index in [1.165, 1.54) is 4.31 Å². The molecule has 2 N–H and O–H groups in total. The Hall–Kier alpha value is -2.10.